The van der Waals surface area contributed by atoms with Crippen molar-refractivity contribution in [2.75, 3.05) is 0 Å². The zero-order valence-corrected chi connectivity index (χ0v) is 17.1. The van der Waals surface area contributed by atoms with Gasteiger partial charge in [0.1, 0.15) is 5.82 Å². The fourth-order valence-corrected chi connectivity index (χ4v) is 4.10. The van der Waals surface area contributed by atoms with E-state index in [1.165, 1.54) is 33.9 Å². The van der Waals surface area contributed by atoms with E-state index in [-0.39, 0.29) is 32.0 Å². The fourth-order valence-electron chi connectivity index (χ4n) is 4.10. The minimum atomic E-state index is -0.193. The molecular formula is C23H18FOZr-. The molecule has 0 spiro atoms. The first-order chi connectivity index (χ1) is 12.2. The monoisotopic (exact) mass is 419 g/mol. The van der Waals surface area contributed by atoms with Crippen LogP contribution in [0.5, 0.6) is 0 Å². The Morgan fingerprint density at radius 1 is 1.00 bits per heavy atom. The third-order valence-electron chi connectivity index (χ3n) is 5.24. The summed E-state index contributed by atoms with van der Waals surface area (Å²) >= 11 is 0. The van der Waals surface area contributed by atoms with Gasteiger partial charge in [0.15, 0.2) is 0 Å². The molecule has 1 aromatic heterocycles. The van der Waals surface area contributed by atoms with Gasteiger partial charge in [-0.3, -0.25) is 0 Å². The summed E-state index contributed by atoms with van der Waals surface area (Å²) in [6, 6.07) is 17.7. The van der Waals surface area contributed by atoms with Gasteiger partial charge < -0.3 is 4.42 Å². The quantitative estimate of drug-likeness (QED) is 0.341. The number of halogens is 1. The Morgan fingerprint density at radius 2 is 1.81 bits per heavy atom. The molecule has 1 aliphatic carbocycles. The maximum Gasteiger partial charge on any atom is 0.123 e. The molecule has 26 heavy (non-hydrogen) atoms. The number of benzene rings is 2. The summed E-state index contributed by atoms with van der Waals surface area (Å²) in [6.07, 6.45) is 3.42. The third kappa shape index (κ3) is 2.83. The van der Waals surface area contributed by atoms with Gasteiger partial charge in [-0.1, -0.05) is 28.8 Å². The van der Waals surface area contributed by atoms with Crippen molar-refractivity contribution < 1.29 is 35.0 Å². The summed E-state index contributed by atoms with van der Waals surface area (Å²) in [6.45, 7) is 1.96. The summed E-state index contributed by atoms with van der Waals surface area (Å²) < 4.78 is 19.2. The van der Waals surface area contributed by atoms with Gasteiger partial charge in [0.05, 0.1) is 11.5 Å². The van der Waals surface area contributed by atoms with Crippen molar-refractivity contribution in [1.82, 2.24) is 0 Å². The van der Waals surface area contributed by atoms with Gasteiger partial charge in [-0.15, -0.1) is 29.0 Å². The first kappa shape index (κ1) is 17.6. The zero-order chi connectivity index (χ0) is 17.0. The largest absolute Gasteiger partial charge is 0.496 e. The van der Waals surface area contributed by atoms with Crippen LogP contribution in [0.4, 0.5) is 4.39 Å². The number of rotatable bonds is 2. The summed E-state index contributed by atoms with van der Waals surface area (Å²) in [5, 5.41) is 2.47. The molecule has 0 unspecified atom stereocenters. The minimum Gasteiger partial charge on any atom is -0.496 e. The van der Waals surface area contributed by atoms with Crippen LogP contribution in [-0.4, -0.2) is 0 Å². The number of furan rings is 1. The fraction of sp³-hybridized carbons (Fsp3) is 0.174. The molecule has 0 aliphatic heterocycles. The molecule has 5 rings (SSSR count). The molecule has 0 atom stereocenters. The van der Waals surface area contributed by atoms with Crippen LogP contribution in [-0.2, 0) is 39.0 Å². The molecular weight excluding hydrogens is 402 g/mol. The topological polar surface area (TPSA) is 13.1 Å². The van der Waals surface area contributed by atoms with E-state index < -0.39 is 0 Å². The Labute approximate surface area is 171 Å². The molecule has 1 heterocycles. The van der Waals surface area contributed by atoms with E-state index in [0.717, 1.165) is 35.5 Å². The van der Waals surface area contributed by atoms with Crippen molar-refractivity contribution >= 4 is 10.8 Å². The van der Waals surface area contributed by atoms with E-state index in [1.807, 2.05) is 31.2 Å². The van der Waals surface area contributed by atoms with Gasteiger partial charge in [0.2, 0.25) is 0 Å². The summed E-state index contributed by atoms with van der Waals surface area (Å²) in [5.41, 5.74) is 6.32. The van der Waals surface area contributed by atoms with Crippen LogP contribution >= 0.6 is 0 Å². The molecule has 0 fully saturated rings. The second-order valence-electron chi connectivity index (χ2n) is 6.91. The summed E-state index contributed by atoms with van der Waals surface area (Å²) in [5.74, 6) is 1.63. The van der Waals surface area contributed by atoms with Crippen molar-refractivity contribution in [3.8, 4) is 22.5 Å². The van der Waals surface area contributed by atoms with Gasteiger partial charge in [0, 0.05) is 26.2 Å². The van der Waals surface area contributed by atoms with Crippen LogP contribution in [0.2, 0.25) is 0 Å². The van der Waals surface area contributed by atoms with Gasteiger partial charge >= 0.3 is 0 Å². The van der Waals surface area contributed by atoms with Crippen LogP contribution < -0.4 is 0 Å². The van der Waals surface area contributed by atoms with Crippen molar-refractivity contribution in [3.05, 3.63) is 77.3 Å². The van der Waals surface area contributed by atoms with E-state index in [1.54, 1.807) is 12.1 Å². The van der Waals surface area contributed by atoms with E-state index in [9.17, 15) is 4.39 Å². The van der Waals surface area contributed by atoms with Gasteiger partial charge in [-0.2, -0.15) is 0 Å². The van der Waals surface area contributed by atoms with Crippen LogP contribution in [0.15, 0.2) is 59.0 Å². The van der Waals surface area contributed by atoms with Gasteiger partial charge in [-0.25, -0.2) is 4.39 Å². The van der Waals surface area contributed by atoms with E-state index in [4.69, 9.17) is 4.42 Å². The Balaban J connectivity index is 0.00000168. The number of hydrogen-bond donors (Lipinski definition) is 0. The van der Waals surface area contributed by atoms with Crippen LogP contribution in [0.3, 0.4) is 0 Å². The summed E-state index contributed by atoms with van der Waals surface area (Å²) in [4.78, 5) is 0. The average Bonchev–Trinajstić information content (AvgIpc) is 3.32. The average molecular weight is 421 g/mol. The second kappa shape index (κ2) is 6.70. The SMILES string of the molecule is Cc1ccc(-c2cc3c(-c4ccc(F)cc4)c4c(cc3[cH-]2)CCC4)o1.[Zr]. The predicted molar refractivity (Wildman–Crippen MR) is 99.4 cm³/mol. The summed E-state index contributed by atoms with van der Waals surface area (Å²) in [7, 11) is 0. The first-order valence-corrected chi connectivity index (χ1v) is 8.77. The van der Waals surface area contributed by atoms with Crippen molar-refractivity contribution in [2.45, 2.75) is 26.2 Å². The number of hydrogen-bond acceptors (Lipinski definition) is 1. The van der Waals surface area contributed by atoms with Gasteiger partial charge in [0.25, 0.3) is 0 Å². The normalized spacial score (nSPS) is 13.0. The van der Waals surface area contributed by atoms with Crippen molar-refractivity contribution in [2.24, 2.45) is 0 Å². The predicted octanol–water partition coefficient (Wildman–Crippen LogP) is 6.42. The molecule has 0 saturated carbocycles. The number of aryl methyl sites for hydroxylation is 2. The Bertz CT molecular complexity index is 1090. The zero-order valence-electron chi connectivity index (χ0n) is 14.6. The molecule has 1 nitrogen and oxygen atoms in total. The molecule has 128 valence electrons. The molecule has 0 bridgehead atoms. The molecule has 0 radical (unpaired) electrons. The first-order valence-electron chi connectivity index (χ1n) is 8.77. The second-order valence-corrected chi connectivity index (χ2v) is 6.91. The van der Waals surface area contributed by atoms with Crippen LogP contribution in [0.1, 0.15) is 23.3 Å². The Morgan fingerprint density at radius 3 is 2.54 bits per heavy atom. The molecule has 1 aliphatic rings. The van der Waals surface area contributed by atoms with Crippen molar-refractivity contribution in [3.63, 3.8) is 0 Å². The van der Waals surface area contributed by atoms with Crippen LogP contribution in [0, 0.1) is 12.7 Å². The van der Waals surface area contributed by atoms with E-state index >= 15 is 0 Å². The molecule has 3 aromatic carbocycles. The smallest absolute Gasteiger partial charge is 0.123 e. The molecule has 3 heteroatoms. The van der Waals surface area contributed by atoms with E-state index in [0.29, 0.717) is 0 Å². The Hall–Kier alpha value is -1.86. The van der Waals surface area contributed by atoms with E-state index in [2.05, 4.69) is 18.2 Å². The maximum atomic E-state index is 13.4. The standard InChI is InChI=1S/C23H18FO.Zr/c1-14-5-10-22(25-14)18-12-17-11-16-3-2-4-20(16)23(21(17)13-18)15-6-8-19(24)9-7-15;/h5-13H,2-4H2,1H3;/q-1;. The van der Waals surface area contributed by atoms with Gasteiger partial charge in [-0.05, 0) is 61.6 Å². The molecule has 0 amide bonds. The molecule has 4 aromatic rings. The molecule has 0 N–H and O–H groups in total. The molecule has 0 saturated heterocycles. The van der Waals surface area contributed by atoms with Crippen LogP contribution in [0.25, 0.3) is 33.2 Å². The van der Waals surface area contributed by atoms with Crippen molar-refractivity contribution in [1.29, 1.82) is 0 Å². The minimum absolute atomic E-state index is 0. The third-order valence-corrected chi connectivity index (χ3v) is 5.24. The Kier molecular flexibility index (Phi) is 4.53. The maximum absolute atomic E-state index is 13.4. The number of fused-ring (bicyclic) bond motifs is 2.